The Kier molecular flexibility index (Phi) is 5.49. The van der Waals surface area contributed by atoms with Crippen LogP contribution in [0.3, 0.4) is 0 Å². The van der Waals surface area contributed by atoms with Crippen LogP contribution in [0.15, 0.2) is 24.5 Å². The van der Waals surface area contributed by atoms with Crippen molar-refractivity contribution in [2.45, 2.75) is 25.4 Å². The molecule has 2 heterocycles. The maximum absolute atomic E-state index is 11.7. The highest BCUT2D eigenvalue weighted by atomic mass is 16.2. The minimum Gasteiger partial charge on any atom is -0.348 e. The van der Waals surface area contributed by atoms with Gasteiger partial charge in [0.15, 0.2) is 0 Å². The number of carbonyl (C=O) groups excluding carboxylic acids is 1. The molecule has 0 atom stereocenters. The van der Waals surface area contributed by atoms with Crippen LogP contribution in [0.4, 0.5) is 0 Å². The molecular formula is C15H24N4O. The lowest BCUT2D eigenvalue weighted by Crippen LogP contribution is -2.45. The van der Waals surface area contributed by atoms with E-state index in [9.17, 15) is 4.79 Å². The van der Waals surface area contributed by atoms with Crippen LogP contribution in [0.5, 0.6) is 0 Å². The highest BCUT2D eigenvalue weighted by Gasteiger charge is 2.20. The normalized spacial score (nSPS) is 17.1. The van der Waals surface area contributed by atoms with Crippen LogP contribution in [0.25, 0.3) is 0 Å². The second kappa shape index (κ2) is 7.36. The number of rotatable bonds is 5. The summed E-state index contributed by atoms with van der Waals surface area (Å²) in [5.41, 5.74) is 1.22. The van der Waals surface area contributed by atoms with Crippen LogP contribution < -0.4 is 5.32 Å². The van der Waals surface area contributed by atoms with Gasteiger partial charge in [-0.3, -0.25) is 14.7 Å². The number of pyridine rings is 1. The molecule has 1 N–H and O–H groups in total. The first-order valence-corrected chi connectivity index (χ1v) is 7.20. The number of piperidine rings is 1. The number of nitrogens with zero attached hydrogens (tertiary/aromatic N) is 3. The van der Waals surface area contributed by atoms with E-state index in [4.69, 9.17) is 0 Å². The molecule has 1 saturated heterocycles. The largest absolute Gasteiger partial charge is 0.348 e. The van der Waals surface area contributed by atoms with Gasteiger partial charge < -0.3 is 10.2 Å². The summed E-state index contributed by atoms with van der Waals surface area (Å²) in [5, 5.41) is 3.57. The Morgan fingerprint density at radius 3 is 2.80 bits per heavy atom. The Balaban J connectivity index is 1.68. The van der Waals surface area contributed by atoms with Gasteiger partial charge in [-0.1, -0.05) is 6.07 Å². The topological polar surface area (TPSA) is 48.5 Å². The van der Waals surface area contributed by atoms with Crippen molar-refractivity contribution in [3.8, 4) is 0 Å². The molecule has 1 aliphatic rings. The van der Waals surface area contributed by atoms with Crippen molar-refractivity contribution in [1.82, 2.24) is 20.1 Å². The fraction of sp³-hybridized carbons (Fsp3) is 0.600. The Bertz CT molecular complexity index is 413. The third-order valence-electron chi connectivity index (χ3n) is 3.76. The zero-order chi connectivity index (χ0) is 14.4. The van der Waals surface area contributed by atoms with Gasteiger partial charge in [-0.15, -0.1) is 0 Å². The Labute approximate surface area is 121 Å². The first-order valence-electron chi connectivity index (χ1n) is 7.20. The first kappa shape index (κ1) is 14.9. The molecule has 1 amide bonds. The van der Waals surface area contributed by atoms with E-state index in [2.05, 4.69) is 21.3 Å². The standard InChI is InChI=1S/C15H24N4O/c1-18(2)15(20)12-19-8-5-14(6-9-19)17-11-13-4-3-7-16-10-13/h3-4,7,10,14,17H,5-6,8-9,11-12H2,1-2H3. The number of carbonyl (C=O) groups is 1. The summed E-state index contributed by atoms with van der Waals surface area (Å²) in [4.78, 5) is 19.7. The molecule has 0 radical (unpaired) electrons. The van der Waals surface area contributed by atoms with Crippen molar-refractivity contribution in [2.24, 2.45) is 0 Å². The van der Waals surface area contributed by atoms with Gasteiger partial charge in [0.05, 0.1) is 6.54 Å². The average Bonchev–Trinajstić information content (AvgIpc) is 2.47. The molecule has 5 heteroatoms. The number of amides is 1. The Morgan fingerprint density at radius 1 is 1.45 bits per heavy atom. The summed E-state index contributed by atoms with van der Waals surface area (Å²) in [6, 6.07) is 4.60. The number of likely N-dealkylation sites (N-methyl/N-ethyl adjacent to an activating group) is 1. The first-order chi connectivity index (χ1) is 9.65. The lowest BCUT2D eigenvalue weighted by atomic mass is 10.0. The molecular weight excluding hydrogens is 252 g/mol. The lowest BCUT2D eigenvalue weighted by Gasteiger charge is -2.32. The second-order valence-electron chi connectivity index (χ2n) is 5.58. The molecule has 1 aromatic heterocycles. The van der Waals surface area contributed by atoms with Crippen molar-refractivity contribution < 1.29 is 4.79 Å². The molecule has 0 aliphatic carbocycles. The molecule has 0 saturated carbocycles. The molecule has 2 rings (SSSR count). The lowest BCUT2D eigenvalue weighted by molar-refractivity contribution is -0.130. The van der Waals surface area contributed by atoms with E-state index in [0.29, 0.717) is 12.6 Å². The zero-order valence-electron chi connectivity index (χ0n) is 12.4. The minimum absolute atomic E-state index is 0.187. The molecule has 0 spiro atoms. The number of nitrogens with one attached hydrogen (secondary N) is 1. The molecule has 1 aliphatic heterocycles. The van der Waals surface area contributed by atoms with Crippen molar-refractivity contribution in [3.63, 3.8) is 0 Å². The van der Waals surface area contributed by atoms with E-state index in [1.54, 1.807) is 11.1 Å². The fourth-order valence-electron chi connectivity index (χ4n) is 2.39. The molecule has 0 aromatic carbocycles. The van der Waals surface area contributed by atoms with Crippen molar-refractivity contribution >= 4 is 5.91 Å². The van der Waals surface area contributed by atoms with Crippen molar-refractivity contribution in [2.75, 3.05) is 33.7 Å². The summed E-state index contributed by atoms with van der Waals surface area (Å²) in [6.07, 6.45) is 5.89. The van der Waals surface area contributed by atoms with Crippen LogP contribution in [-0.2, 0) is 11.3 Å². The fourth-order valence-corrected chi connectivity index (χ4v) is 2.39. The summed E-state index contributed by atoms with van der Waals surface area (Å²) < 4.78 is 0. The number of likely N-dealkylation sites (tertiary alicyclic amines) is 1. The number of hydrogen-bond acceptors (Lipinski definition) is 4. The highest BCUT2D eigenvalue weighted by molar-refractivity contribution is 5.77. The minimum atomic E-state index is 0.187. The van der Waals surface area contributed by atoms with Crippen LogP contribution in [0, 0.1) is 0 Å². The monoisotopic (exact) mass is 276 g/mol. The van der Waals surface area contributed by atoms with E-state index in [1.165, 1.54) is 5.56 Å². The van der Waals surface area contributed by atoms with E-state index >= 15 is 0 Å². The average molecular weight is 276 g/mol. The van der Waals surface area contributed by atoms with Crippen molar-refractivity contribution in [1.29, 1.82) is 0 Å². The van der Waals surface area contributed by atoms with E-state index < -0.39 is 0 Å². The summed E-state index contributed by atoms with van der Waals surface area (Å²) in [6.45, 7) is 3.39. The number of aromatic nitrogens is 1. The summed E-state index contributed by atoms with van der Waals surface area (Å²) in [7, 11) is 3.62. The third-order valence-corrected chi connectivity index (χ3v) is 3.76. The smallest absolute Gasteiger partial charge is 0.236 e. The van der Waals surface area contributed by atoms with Gasteiger partial charge in [-0.05, 0) is 24.5 Å². The zero-order valence-corrected chi connectivity index (χ0v) is 12.4. The highest BCUT2D eigenvalue weighted by Crippen LogP contribution is 2.11. The molecule has 5 nitrogen and oxygen atoms in total. The van der Waals surface area contributed by atoms with Gasteiger partial charge in [-0.2, -0.15) is 0 Å². The summed E-state index contributed by atoms with van der Waals surface area (Å²) in [5.74, 6) is 0.187. The molecule has 110 valence electrons. The quantitative estimate of drug-likeness (QED) is 0.861. The van der Waals surface area contributed by atoms with Crippen LogP contribution in [0.2, 0.25) is 0 Å². The molecule has 1 aromatic rings. The Morgan fingerprint density at radius 2 is 2.20 bits per heavy atom. The third kappa shape index (κ3) is 4.58. The molecule has 0 unspecified atom stereocenters. The second-order valence-corrected chi connectivity index (χ2v) is 5.58. The maximum Gasteiger partial charge on any atom is 0.236 e. The van der Waals surface area contributed by atoms with Crippen LogP contribution >= 0.6 is 0 Å². The predicted molar refractivity (Wildman–Crippen MR) is 79.2 cm³/mol. The Hall–Kier alpha value is -1.46. The van der Waals surface area contributed by atoms with Crippen LogP contribution in [0.1, 0.15) is 18.4 Å². The maximum atomic E-state index is 11.7. The molecule has 20 heavy (non-hydrogen) atoms. The van der Waals surface area contributed by atoms with Gasteiger partial charge >= 0.3 is 0 Å². The summed E-state index contributed by atoms with van der Waals surface area (Å²) >= 11 is 0. The number of hydrogen-bond donors (Lipinski definition) is 1. The SMILES string of the molecule is CN(C)C(=O)CN1CCC(NCc2cccnc2)CC1. The van der Waals surface area contributed by atoms with E-state index in [1.807, 2.05) is 26.4 Å². The van der Waals surface area contributed by atoms with Gasteiger partial charge in [0, 0.05) is 52.2 Å². The van der Waals surface area contributed by atoms with Gasteiger partial charge in [0.25, 0.3) is 0 Å². The van der Waals surface area contributed by atoms with Gasteiger partial charge in [0.2, 0.25) is 5.91 Å². The van der Waals surface area contributed by atoms with E-state index in [-0.39, 0.29) is 5.91 Å². The molecule has 0 bridgehead atoms. The van der Waals surface area contributed by atoms with Gasteiger partial charge in [0.1, 0.15) is 0 Å². The molecule has 1 fully saturated rings. The van der Waals surface area contributed by atoms with Crippen molar-refractivity contribution in [3.05, 3.63) is 30.1 Å². The van der Waals surface area contributed by atoms with E-state index in [0.717, 1.165) is 32.5 Å². The predicted octanol–water partition coefficient (Wildman–Crippen LogP) is 0.724. The van der Waals surface area contributed by atoms with Gasteiger partial charge in [-0.25, -0.2) is 0 Å². The van der Waals surface area contributed by atoms with Crippen LogP contribution in [-0.4, -0.2) is 60.5 Å².